The smallest absolute Gasteiger partial charge is 0.168 e. The summed E-state index contributed by atoms with van der Waals surface area (Å²) in [5.41, 5.74) is 6.07. The summed E-state index contributed by atoms with van der Waals surface area (Å²) in [6, 6.07) is 14.7. The van der Waals surface area contributed by atoms with Gasteiger partial charge in [0.2, 0.25) is 0 Å². The van der Waals surface area contributed by atoms with E-state index in [0.717, 1.165) is 17.2 Å². The average molecular weight is 305 g/mol. The van der Waals surface area contributed by atoms with Crippen molar-refractivity contribution in [3.05, 3.63) is 65.0 Å². The van der Waals surface area contributed by atoms with Gasteiger partial charge in [-0.3, -0.25) is 4.57 Å². The molecule has 23 heavy (non-hydrogen) atoms. The number of nitrogens with zero attached hydrogens (tertiary/aromatic N) is 3. The summed E-state index contributed by atoms with van der Waals surface area (Å²) >= 11 is 0. The molecule has 0 bridgehead atoms. The number of aromatic nitrogens is 3. The Morgan fingerprint density at radius 2 is 1.48 bits per heavy atom. The maximum absolute atomic E-state index is 4.50. The topological polar surface area (TPSA) is 30.7 Å². The molecule has 1 heterocycles. The molecule has 0 N–H and O–H groups in total. The van der Waals surface area contributed by atoms with Crippen LogP contribution in [-0.2, 0) is 0 Å². The maximum Gasteiger partial charge on any atom is 0.168 e. The standard InChI is InChI=1S/C20H23N3/c1-13(2)19-21-22-20(17-9-7-6-8-10-17)23(19)18-15(4)11-14(3)12-16(18)5/h6-13H,1-5H3. The van der Waals surface area contributed by atoms with Crippen LogP contribution in [0.25, 0.3) is 17.1 Å². The summed E-state index contributed by atoms with van der Waals surface area (Å²) in [6.07, 6.45) is 0. The number of hydrogen-bond donors (Lipinski definition) is 0. The Hall–Kier alpha value is -2.42. The van der Waals surface area contributed by atoms with Gasteiger partial charge in [-0.2, -0.15) is 0 Å². The molecule has 3 aromatic rings. The minimum Gasteiger partial charge on any atom is -0.278 e. The van der Waals surface area contributed by atoms with E-state index in [1.165, 1.54) is 22.4 Å². The molecule has 118 valence electrons. The fourth-order valence-corrected chi connectivity index (χ4v) is 3.19. The Kier molecular flexibility index (Phi) is 4.03. The predicted octanol–water partition coefficient (Wildman–Crippen LogP) is 4.98. The van der Waals surface area contributed by atoms with Crippen molar-refractivity contribution in [2.75, 3.05) is 0 Å². The Morgan fingerprint density at radius 1 is 0.870 bits per heavy atom. The van der Waals surface area contributed by atoms with Crippen molar-refractivity contribution in [2.24, 2.45) is 0 Å². The highest BCUT2D eigenvalue weighted by molar-refractivity contribution is 5.61. The Morgan fingerprint density at radius 3 is 2.04 bits per heavy atom. The lowest BCUT2D eigenvalue weighted by Crippen LogP contribution is -2.08. The second-order valence-corrected chi connectivity index (χ2v) is 6.49. The Labute approximate surface area is 138 Å². The first-order valence-corrected chi connectivity index (χ1v) is 8.08. The van der Waals surface area contributed by atoms with Crippen LogP contribution >= 0.6 is 0 Å². The molecule has 0 radical (unpaired) electrons. The third kappa shape index (κ3) is 2.79. The van der Waals surface area contributed by atoms with Crippen LogP contribution in [0.3, 0.4) is 0 Å². The first-order valence-electron chi connectivity index (χ1n) is 8.08. The monoisotopic (exact) mass is 305 g/mol. The fourth-order valence-electron chi connectivity index (χ4n) is 3.19. The number of hydrogen-bond acceptors (Lipinski definition) is 2. The first-order chi connectivity index (χ1) is 11.0. The zero-order chi connectivity index (χ0) is 16.6. The van der Waals surface area contributed by atoms with E-state index in [9.17, 15) is 0 Å². The molecule has 0 saturated heterocycles. The van der Waals surface area contributed by atoms with Gasteiger partial charge < -0.3 is 0 Å². The highest BCUT2D eigenvalue weighted by Crippen LogP contribution is 2.30. The minimum absolute atomic E-state index is 0.306. The van der Waals surface area contributed by atoms with E-state index < -0.39 is 0 Å². The number of rotatable bonds is 3. The largest absolute Gasteiger partial charge is 0.278 e. The van der Waals surface area contributed by atoms with Crippen LogP contribution in [0.2, 0.25) is 0 Å². The highest BCUT2D eigenvalue weighted by Gasteiger charge is 2.20. The van der Waals surface area contributed by atoms with Gasteiger partial charge in [-0.1, -0.05) is 61.9 Å². The van der Waals surface area contributed by atoms with Crippen molar-refractivity contribution in [2.45, 2.75) is 40.5 Å². The second kappa shape index (κ2) is 5.99. The van der Waals surface area contributed by atoms with Gasteiger partial charge in [0.15, 0.2) is 5.82 Å². The van der Waals surface area contributed by atoms with E-state index in [-0.39, 0.29) is 0 Å². The molecule has 1 aromatic heterocycles. The van der Waals surface area contributed by atoms with Gasteiger partial charge in [0, 0.05) is 11.5 Å². The molecule has 0 aliphatic rings. The van der Waals surface area contributed by atoms with Gasteiger partial charge >= 0.3 is 0 Å². The summed E-state index contributed by atoms with van der Waals surface area (Å²) in [4.78, 5) is 0. The van der Waals surface area contributed by atoms with Gasteiger partial charge in [0.25, 0.3) is 0 Å². The maximum atomic E-state index is 4.50. The normalized spacial score (nSPS) is 11.2. The number of aryl methyl sites for hydroxylation is 3. The molecule has 0 saturated carbocycles. The van der Waals surface area contributed by atoms with Crippen LogP contribution in [-0.4, -0.2) is 14.8 Å². The third-order valence-electron chi connectivity index (χ3n) is 4.10. The molecule has 0 amide bonds. The van der Waals surface area contributed by atoms with Crippen LogP contribution in [0.4, 0.5) is 0 Å². The van der Waals surface area contributed by atoms with E-state index in [2.05, 4.69) is 73.6 Å². The summed E-state index contributed by atoms with van der Waals surface area (Å²) in [5.74, 6) is 2.21. The summed E-state index contributed by atoms with van der Waals surface area (Å²) in [7, 11) is 0. The molecule has 3 heteroatoms. The van der Waals surface area contributed by atoms with Gasteiger partial charge in [0.1, 0.15) is 5.82 Å². The lowest BCUT2D eigenvalue weighted by atomic mass is 10.0. The van der Waals surface area contributed by atoms with Crippen molar-refractivity contribution < 1.29 is 0 Å². The molecule has 0 fully saturated rings. The van der Waals surface area contributed by atoms with Gasteiger partial charge in [-0.05, 0) is 31.9 Å². The van der Waals surface area contributed by atoms with Gasteiger partial charge in [-0.25, -0.2) is 0 Å². The molecular weight excluding hydrogens is 282 g/mol. The second-order valence-electron chi connectivity index (χ2n) is 6.49. The van der Waals surface area contributed by atoms with E-state index in [1.807, 2.05) is 18.2 Å². The highest BCUT2D eigenvalue weighted by atomic mass is 15.3. The van der Waals surface area contributed by atoms with Crippen LogP contribution < -0.4 is 0 Å². The van der Waals surface area contributed by atoms with E-state index in [0.29, 0.717) is 5.92 Å². The van der Waals surface area contributed by atoms with E-state index >= 15 is 0 Å². The zero-order valence-electron chi connectivity index (χ0n) is 14.5. The lowest BCUT2D eigenvalue weighted by molar-refractivity contribution is 0.743. The van der Waals surface area contributed by atoms with Gasteiger partial charge in [-0.15, -0.1) is 10.2 Å². The quantitative estimate of drug-likeness (QED) is 0.683. The third-order valence-corrected chi connectivity index (χ3v) is 4.10. The molecule has 0 aliphatic heterocycles. The summed E-state index contributed by atoms with van der Waals surface area (Å²) in [6.45, 7) is 10.8. The molecule has 3 rings (SSSR count). The molecule has 0 aliphatic carbocycles. The lowest BCUT2D eigenvalue weighted by Gasteiger charge is -2.18. The molecular formula is C20H23N3. The first kappa shape index (κ1) is 15.5. The molecule has 0 unspecified atom stereocenters. The molecule has 0 spiro atoms. The Bertz CT molecular complexity index is 806. The summed E-state index contributed by atoms with van der Waals surface area (Å²) < 4.78 is 2.23. The van der Waals surface area contributed by atoms with Crippen LogP contribution in [0.5, 0.6) is 0 Å². The number of benzene rings is 2. The summed E-state index contributed by atoms with van der Waals surface area (Å²) in [5, 5.41) is 8.99. The van der Waals surface area contributed by atoms with E-state index in [1.54, 1.807) is 0 Å². The predicted molar refractivity (Wildman–Crippen MR) is 95.1 cm³/mol. The van der Waals surface area contributed by atoms with Crippen LogP contribution in [0, 0.1) is 20.8 Å². The van der Waals surface area contributed by atoms with Crippen molar-refractivity contribution >= 4 is 0 Å². The van der Waals surface area contributed by atoms with Crippen LogP contribution in [0.15, 0.2) is 42.5 Å². The SMILES string of the molecule is Cc1cc(C)c(-n2c(-c3ccccc3)nnc2C(C)C)c(C)c1. The van der Waals surface area contributed by atoms with Crippen LogP contribution in [0.1, 0.15) is 42.3 Å². The zero-order valence-corrected chi connectivity index (χ0v) is 14.5. The van der Waals surface area contributed by atoms with Crippen molar-refractivity contribution in [1.82, 2.24) is 14.8 Å². The van der Waals surface area contributed by atoms with Crippen molar-refractivity contribution in [1.29, 1.82) is 0 Å². The van der Waals surface area contributed by atoms with Crippen molar-refractivity contribution in [3.63, 3.8) is 0 Å². The molecule has 2 aromatic carbocycles. The van der Waals surface area contributed by atoms with Crippen molar-refractivity contribution in [3.8, 4) is 17.1 Å². The fraction of sp³-hybridized carbons (Fsp3) is 0.300. The Balaban J connectivity index is 2.32. The molecule has 0 atom stereocenters. The van der Waals surface area contributed by atoms with E-state index in [4.69, 9.17) is 0 Å². The average Bonchev–Trinajstić information content (AvgIpc) is 2.92. The van der Waals surface area contributed by atoms with Gasteiger partial charge in [0.05, 0.1) is 5.69 Å². The molecule has 3 nitrogen and oxygen atoms in total. The minimum atomic E-state index is 0.306.